The highest BCUT2D eigenvalue weighted by molar-refractivity contribution is 5.86. The zero-order chi connectivity index (χ0) is 21.5. The molecule has 2 aromatic carbocycles. The van der Waals surface area contributed by atoms with Crippen molar-refractivity contribution < 1.29 is 24.1 Å². The molecule has 0 radical (unpaired) electrons. The van der Waals surface area contributed by atoms with Gasteiger partial charge in [0.2, 0.25) is 0 Å². The third-order valence-corrected chi connectivity index (χ3v) is 4.90. The summed E-state index contributed by atoms with van der Waals surface area (Å²) >= 11 is 0. The van der Waals surface area contributed by atoms with Crippen LogP contribution in [0.4, 0.5) is 5.69 Å². The van der Waals surface area contributed by atoms with Crippen molar-refractivity contribution in [1.29, 1.82) is 0 Å². The lowest BCUT2D eigenvalue weighted by molar-refractivity contribution is 0.171. The molecule has 3 aromatic rings. The molecule has 0 bridgehead atoms. The minimum absolute atomic E-state index is 0.401. The Kier molecular flexibility index (Phi) is 6.74. The molecule has 31 heavy (non-hydrogen) atoms. The number of anilines is 1. The van der Waals surface area contributed by atoms with Crippen molar-refractivity contribution in [1.82, 2.24) is 4.98 Å². The van der Waals surface area contributed by atoms with Crippen LogP contribution in [-0.4, -0.2) is 49.7 Å². The molecule has 1 aliphatic heterocycles. The molecule has 4 rings (SSSR count). The van der Waals surface area contributed by atoms with Crippen LogP contribution >= 0.6 is 0 Å². The van der Waals surface area contributed by atoms with Crippen molar-refractivity contribution in [2.75, 3.05) is 38.8 Å². The maximum Gasteiger partial charge on any atom is 0.163 e. The molecule has 2 N–H and O–H groups in total. The number of methoxy groups -OCH3 is 1. The normalized spacial score (nSPS) is 13.9. The Bertz CT molecular complexity index is 1050. The summed E-state index contributed by atoms with van der Waals surface area (Å²) < 4.78 is 22.3. The molecule has 0 amide bonds. The number of hydrogen-bond donors (Lipinski definition) is 2. The van der Waals surface area contributed by atoms with Gasteiger partial charge in [0.25, 0.3) is 0 Å². The minimum Gasteiger partial charge on any atom is -0.497 e. The van der Waals surface area contributed by atoms with Crippen LogP contribution < -0.4 is 24.3 Å². The fourth-order valence-electron chi connectivity index (χ4n) is 3.28. The van der Waals surface area contributed by atoms with E-state index in [-0.39, 0.29) is 0 Å². The van der Waals surface area contributed by atoms with Gasteiger partial charge in [-0.1, -0.05) is 12.2 Å². The molecule has 7 nitrogen and oxygen atoms in total. The molecular formula is C24H26N2O5. The summed E-state index contributed by atoms with van der Waals surface area (Å²) in [5.74, 6) is 2.98. The second-order valence-electron chi connectivity index (χ2n) is 7.10. The SMILES string of the molecule is COc1ccc2nccc(OCC=CCC(O)CNc3ccc4c(c3)OCCO4)c2c1. The molecular weight excluding hydrogens is 396 g/mol. The van der Waals surface area contributed by atoms with Crippen LogP contribution in [0, 0.1) is 0 Å². The average Bonchev–Trinajstić information content (AvgIpc) is 2.82. The van der Waals surface area contributed by atoms with Gasteiger partial charge in [-0.3, -0.25) is 4.98 Å². The number of nitrogens with one attached hydrogen (secondary N) is 1. The maximum absolute atomic E-state index is 10.2. The molecule has 0 aliphatic carbocycles. The van der Waals surface area contributed by atoms with E-state index in [9.17, 15) is 5.11 Å². The molecule has 0 saturated carbocycles. The first-order valence-electron chi connectivity index (χ1n) is 10.2. The smallest absolute Gasteiger partial charge is 0.163 e. The molecule has 0 saturated heterocycles. The Labute approximate surface area is 181 Å². The average molecular weight is 422 g/mol. The molecule has 2 heterocycles. The van der Waals surface area contributed by atoms with Crippen molar-refractivity contribution in [3.63, 3.8) is 0 Å². The fraction of sp³-hybridized carbons (Fsp3) is 0.292. The standard InChI is InChI=1S/C24H26N2O5/c1-28-19-6-7-21-20(15-19)22(9-10-25-21)29-11-3-2-4-18(27)16-26-17-5-8-23-24(14-17)31-13-12-30-23/h2-3,5-10,14-15,18,26-27H,4,11-13,16H2,1H3. The summed E-state index contributed by atoms with van der Waals surface area (Å²) in [4.78, 5) is 4.35. The monoisotopic (exact) mass is 422 g/mol. The maximum atomic E-state index is 10.2. The summed E-state index contributed by atoms with van der Waals surface area (Å²) in [7, 11) is 1.63. The second kappa shape index (κ2) is 10.0. The van der Waals surface area contributed by atoms with Crippen LogP contribution in [-0.2, 0) is 0 Å². The number of pyridine rings is 1. The lowest BCUT2D eigenvalue weighted by atomic mass is 10.2. The van der Waals surface area contributed by atoms with Gasteiger partial charge in [-0.05, 0) is 42.8 Å². The highest BCUT2D eigenvalue weighted by atomic mass is 16.6. The van der Waals surface area contributed by atoms with Crippen molar-refractivity contribution in [3.05, 3.63) is 60.8 Å². The van der Waals surface area contributed by atoms with Crippen molar-refractivity contribution in [2.24, 2.45) is 0 Å². The van der Waals surface area contributed by atoms with Crippen LogP contribution in [0.2, 0.25) is 0 Å². The number of aromatic nitrogens is 1. The van der Waals surface area contributed by atoms with Gasteiger partial charge in [0.15, 0.2) is 11.5 Å². The van der Waals surface area contributed by atoms with E-state index in [0.29, 0.717) is 32.8 Å². The molecule has 1 aromatic heterocycles. The van der Waals surface area contributed by atoms with E-state index in [1.165, 1.54) is 0 Å². The molecule has 1 aliphatic rings. The van der Waals surface area contributed by atoms with Crippen LogP contribution in [0.25, 0.3) is 10.9 Å². The number of fused-ring (bicyclic) bond motifs is 2. The fourth-order valence-corrected chi connectivity index (χ4v) is 3.28. The highest BCUT2D eigenvalue weighted by Gasteiger charge is 2.12. The summed E-state index contributed by atoms with van der Waals surface area (Å²) in [6, 6.07) is 13.2. The predicted octanol–water partition coefficient (Wildman–Crippen LogP) is 3.81. The third kappa shape index (κ3) is 5.38. The molecule has 7 heteroatoms. The lowest BCUT2D eigenvalue weighted by Gasteiger charge is -2.19. The number of benzene rings is 2. The molecule has 0 spiro atoms. The summed E-state index contributed by atoms with van der Waals surface area (Å²) in [6.07, 6.45) is 5.54. The van der Waals surface area contributed by atoms with Gasteiger partial charge in [0.05, 0.1) is 18.7 Å². The first-order chi connectivity index (χ1) is 15.2. The number of nitrogens with zero attached hydrogens (tertiary/aromatic N) is 1. The van der Waals surface area contributed by atoms with Gasteiger partial charge in [-0.15, -0.1) is 0 Å². The zero-order valence-corrected chi connectivity index (χ0v) is 17.4. The molecule has 0 fully saturated rings. The topological polar surface area (TPSA) is 82.1 Å². The van der Waals surface area contributed by atoms with Crippen molar-refractivity contribution >= 4 is 16.6 Å². The van der Waals surface area contributed by atoms with E-state index in [0.717, 1.165) is 39.6 Å². The Morgan fingerprint density at radius 3 is 2.84 bits per heavy atom. The Balaban J connectivity index is 1.23. The van der Waals surface area contributed by atoms with Gasteiger partial charge in [-0.2, -0.15) is 0 Å². The van der Waals surface area contributed by atoms with Crippen LogP contribution in [0.1, 0.15) is 6.42 Å². The van der Waals surface area contributed by atoms with E-state index < -0.39 is 6.10 Å². The predicted molar refractivity (Wildman–Crippen MR) is 119 cm³/mol. The Morgan fingerprint density at radius 1 is 1.10 bits per heavy atom. The van der Waals surface area contributed by atoms with Crippen molar-refractivity contribution in [3.8, 4) is 23.0 Å². The third-order valence-electron chi connectivity index (χ3n) is 4.90. The van der Waals surface area contributed by atoms with E-state index in [2.05, 4.69) is 10.3 Å². The highest BCUT2D eigenvalue weighted by Crippen LogP contribution is 2.32. The Hall–Kier alpha value is -3.45. The van der Waals surface area contributed by atoms with Crippen LogP contribution in [0.3, 0.4) is 0 Å². The second-order valence-corrected chi connectivity index (χ2v) is 7.10. The Morgan fingerprint density at radius 2 is 1.97 bits per heavy atom. The number of hydrogen-bond acceptors (Lipinski definition) is 7. The lowest BCUT2D eigenvalue weighted by Crippen LogP contribution is -2.19. The quantitative estimate of drug-likeness (QED) is 0.508. The zero-order valence-electron chi connectivity index (χ0n) is 17.4. The van der Waals surface area contributed by atoms with E-state index in [1.54, 1.807) is 13.3 Å². The first kappa shape index (κ1) is 20.8. The van der Waals surface area contributed by atoms with Gasteiger partial charge >= 0.3 is 0 Å². The van der Waals surface area contributed by atoms with Gasteiger partial charge < -0.3 is 29.4 Å². The number of ether oxygens (including phenoxy) is 4. The van der Waals surface area contributed by atoms with Gasteiger partial charge in [-0.25, -0.2) is 0 Å². The molecule has 1 unspecified atom stereocenters. The first-order valence-corrected chi connectivity index (χ1v) is 10.2. The number of aliphatic hydroxyl groups excluding tert-OH is 1. The van der Waals surface area contributed by atoms with Gasteiger partial charge in [0.1, 0.15) is 31.3 Å². The minimum atomic E-state index is -0.518. The van der Waals surface area contributed by atoms with Gasteiger partial charge in [0, 0.05) is 29.9 Å². The summed E-state index contributed by atoms with van der Waals surface area (Å²) in [5, 5.41) is 14.4. The molecule has 162 valence electrons. The van der Waals surface area contributed by atoms with Crippen molar-refractivity contribution in [2.45, 2.75) is 12.5 Å². The van der Waals surface area contributed by atoms with Crippen LogP contribution in [0.5, 0.6) is 23.0 Å². The van der Waals surface area contributed by atoms with E-state index in [4.69, 9.17) is 18.9 Å². The number of rotatable bonds is 9. The summed E-state index contributed by atoms with van der Waals surface area (Å²) in [6.45, 7) is 1.95. The van der Waals surface area contributed by atoms with E-state index in [1.807, 2.05) is 54.6 Å². The van der Waals surface area contributed by atoms with E-state index >= 15 is 0 Å². The summed E-state index contributed by atoms with van der Waals surface area (Å²) in [5.41, 5.74) is 1.73. The largest absolute Gasteiger partial charge is 0.497 e. The number of aliphatic hydroxyl groups is 1. The molecule has 1 atom stereocenters. The van der Waals surface area contributed by atoms with Crippen LogP contribution in [0.15, 0.2) is 60.8 Å².